The number of carboxylic acids is 1. The third-order valence-corrected chi connectivity index (χ3v) is 2.83. The number of hydrogen-bond donors (Lipinski definition) is 3. The zero-order valence-electron chi connectivity index (χ0n) is 7.80. The van der Waals surface area contributed by atoms with Crippen molar-refractivity contribution in [2.45, 2.75) is 19.4 Å². The van der Waals surface area contributed by atoms with E-state index in [0.29, 0.717) is 0 Å². The molecule has 0 aliphatic carbocycles. The summed E-state index contributed by atoms with van der Waals surface area (Å²) in [6.45, 7) is 1.35. The van der Waals surface area contributed by atoms with Crippen molar-refractivity contribution >= 4 is 12.1 Å². The van der Waals surface area contributed by atoms with Crippen LogP contribution < -0.4 is 0 Å². The van der Waals surface area contributed by atoms with Crippen molar-refractivity contribution in [1.29, 1.82) is 0 Å². The van der Waals surface area contributed by atoms with Gasteiger partial charge in [0, 0.05) is 6.54 Å². The Hall–Kier alpha value is -1.30. The van der Waals surface area contributed by atoms with Crippen molar-refractivity contribution in [3.05, 3.63) is 0 Å². The average Bonchev–Trinajstić information content (AvgIpc) is 2.44. The van der Waals surface area contributed by atoms with E-state index in [-0.39, 0.29) is 19.5 Å². The quantitative estimate of drug-likeness (QED) is 0.578. The summed E-state index contributed by atoms with van der Waals surface area (Å²) in [5.74, 6) is -1.14. The Bertz CT molecular complexity index is 266. The molecular formula is C8H13NO5. The summed E-state index contributed by atoms with van der Waals surface area (Å²) in [6, 6.07) is 0. The number of β-amino-alcohol motifs (C(OH)–C–C–N with tert-alkyl or cyclic N) is 1. The minimum absolute atomic E-state index is 0.129. The molecule has 6 heteroatoms. The molecule has 1 saturated heterocycles. The number of aliphatic hydroxyl groups is 1. The Morgan fingerprint density at radius 2 is 2.07 bits per heavy atom. The molecule has 0 aromatic carbocycles. The number of aliphatic carboxylic acids is 1. The molecule has 0 bridgehead atoms. The van der Waals surface area contributed by atoms with E-state index >= 15 is 0 Å². The van der Waals surface area contributed by atoms with Gasteiger partial charge in [0.2, 0.25) is 0 Å². The number of nitrogens with zero attached hydrogens (tertiary/aromatic N) is 1. The molecule has 1 fully saturated rings. The fourth-order valence-corrected chi connectivity index (χ4v) is 1.75. The van der Waals surface area contributed by atoms with Gasteiger partial charge >= 0.3 is 12.1 Å². The van der Waals surface area contributed by atoms with Crippen molar-refractivity contribution in [3.8, 4) is 0 Å². The van der Waals surface area contributed by atoms with Crippen LogP contribution >= 0.6 is 0 Å². The molecule has 0 aromatic rings. The van der Waals surface area contributed by atoms with Gasteiger partial charge in [-0.25, -0.2) is 4.79 Å². The first kappa shape index (κ1) is 10.8. The van der Waals surface area contributed by atoms with Gasteiger partial charge in [-0.2, -0.15) is 0 Å². The van der Waals surface area contributed by atoms with Gasteiger partial charge < -0.3 is 20.2 Å². The van der Waals surface area contributed by atoms with Crippen molar-refractivity contribution in [2.75, 3.05) is 13.1 Å². The third-order valence-electron chi connectivity index (χ3n) is 2.83. The van der Waals surface area contributed by atoms with E-state index in [9.17, 15) is 14.7 Å². The summed E-state index contributed by atoms with van der Waals surface area (Å²) in [5.41, 5.74) is -1.33. The van der Waals surface area contributed by atoms with Crippen molar-refractivity contribution in [3.63, 3.8) is 0 Å². The number of aliphatic hydroxyl groups excluding tert-OH is 1. The van der Waals surface area contributed by atoms with Gasteiger partial charge in [-0.05, 0) is 6.42 Å². The highest BCUT2D eigenvalue weighted by Crippen LogP contribution is 2.34. The third kappa shape index (κ3) is 1.41. The van der Waals surface area contributed by atoms with Crippen LogP contribution in [0.2, 0.25) is 0 Å². The second-order valence-electron chi connectivity index (χ2n) is 3.49. The van der Waals surface area contributed by atoms with E-state index in [0.717, 1.165) is 4.90 Å². The minimum Gasteiger partial charge on any atom is -0.481 e. The first-order valence-electron chi connectivity index (χ1n) is 4.33. The molecule has 14 heavy (non-hydrogen) atoms. The van der Waals surface area contributed by atoms with Gasteiger partial charge in [-0.1, -0.05) is 6.92 Å². The van der Waals surface area contributed by atoms with Crippen LogP contribution in [-0.4, -0.2) is 51.5 Å². The summed E-state index contributed by atoms with van der Waals surface area (Å²) in [5, 5.41) is 27.2. The maximum atomic E-state index is 11.0. The molecule has 1 rings (SSSR count). The largest absolute Gasteiger partial charge is 0.481 e. The molecule has 0 unspecified atom stereocenters. The molecule has 1 amide bonds. The van der Waals surface area contributed by atoms with Gasteiger partial charge in [0.25, 0.3) is 0 Å². The maximum Gasteiger partial charge on any atom is 0.407 e. The molecule has 0 aromatic heterocycles. The van der Waals surface area contributed by atoms with Crippen LogP contribution in [0.5, 0.6) is 0 Å². The van der Waals surface area contributed by atoms with Gasteiger partial charge in [-0.3, -0.25) is 4.79 Å². The van der Waals surface area contributed by atoms with Crippen LogP contribution in [0.25, 0.3) is 0 Å². The fraction of sp³-hybridized carbons (Fsp3) is 0.750. The zero-order valence-corrected chi connectivity index (χ0v) is 7.80. The number of amides is 1. The molecular weight excluding hydrogens is 190 g/mol. The highest BCUT2D eigenvalue weighted by molar-refractivity contribution is 5.78. The molecule has 0 spiro atoms. The predicted octanol–water partition coefficient (Wildman–Crippen LogP) is -0.178. The molecule has 2 atom stereocenters. The molecule has 0 radical (unpaired) electrons. The van der Waals surface area contributed by atoms with E-state index in [1.807, 2.05) is 0 Å². The van der Waals surface area contributed by atoms with Gasteiger partial charge in [-0.15, -0.1) is 0 Å². The van der Waals surface area contributed by atoms with Crippen LogP contribution in [0.3, 0.4) is 0 Å². The number of carboxylic acid groups (broad SMARTS) is 2. The van der Waals surface area contributed by atoms with Crippen LogP contribution in [0, 0.1) is 5.41 Å². The SMILES string of the molecule is CC[C@]1(C(=O)O)CN(C(=O)O)C[C@@H]1O. The molecule has 1 aliphatic heterocycles. The van der Waals surface area contributed by atoms with E-state index in [2.05, 4.69) is 0 Å². The Morgan fingerprint density at radius 1 is 1.50 bits per heavy atom. The molecule has 80 valence electrons. The molecule has 1 aliphatic rings. The lowest BCUT2D eigenvalue weighted by atomic mass is 9.82. The second kappa shape index (κ2) is 3.45. The van der Waals surface area contributed by atoms with E-state index in [4.69, 9.17) is 10.2 Å². The summed E-state index contributed by atoms with van der Waals surface area (Å²) < 4.78 is 0. The highest BCUT2D eigenvalue weighted by Gasteiger charge is 2.52. The lowest BCUT2D eigenvalue weighted by Gasteiger charge is -2.24. The number of likely N-dealkylation sites (tertiary alicyclic amines) is 1. The molecule has 1 heterocycles. The highest BCUT2D eigenvalue weighted by atomic mass is 16.4. The normalized spacial score (nSPS) is 31.9. The first-order chi connectivity index (χ1) is 6.44. The van der Waals surface area contributed by atoms with Gasteiger partial charge in [0.15, 0.2) is 0 Å². The molecule has 6 nitrogen and oxygen atoms in total. The standard InChI is InChI=1S/C8H13NO5/c1-2-8(6(11)12)4-9(7(13)14)3-5(8)10/h5,10H,2-4H2,1H3,(H,11,12)(H,13,14)/t5-,8-/m0/s1. The Kier molecular flexibility index (Phi) is 2.66. The first-order valence-corrected chi connectivity index (χ1v) is 4.33. The summed E-state index contributed by atoms with van der Waals surface area (Å²) in [7, 11) is 0. The lowest BCUT2D eigenvalue weighted by Crippen LogP contribution is -2.41. The molecule has 3 N–H and O–H groups in total. The van der Waals surface area contributed by atoms with Crippen LogP contribution in [0.1, 0.15) is 13.3 Å². The van der Waals surface area contributed by atoms with Crippen molar-refractivity contribution < 1.29 is 24.9 Å². The van der Waals surface area contributed by atoms with Crippen LogP contribution in [-0.2, 0) is 4.79 Å². The zero-order chi connectivity index (χ0) is 10.9. The Labute approximate surface area is 80.8 Å². The van der Waals surface area contributed by atoms with E-state index in [1.165, 1.54) is 0 Å². The van der Waals surface area contributed by atoms with Crippen LogP contribution in [0.15, 0.2) is 0 Å². The second-order valence-corrected chi connectivity index (χ2v) is 3.49. The summed E-state index contributed by atoms with van der Waals surface area (Å²) in [6.07, 6.45) is -2.10. The summed E-state index contributed by atoms with van der Waals surface area (Å²) in [4.78, 5) is 22.5. The Morgan fingerprint density at radius 3 is 2.29 bits per heavy atom. The maximum absolute atomic E-state index is 11.0. The fourth-order valence-electron chi connectivity index (χ4n) is 1.75. The smallest absolute Gasteiger partial charge is 0.407 e. The lowest BCUT2D eigenvalue weighted by molar-refractivity contribution is -0.153. The predicted molar refractivity (Wildman–Crippen MR) is 46.0 cm³/mol. The number of rotatable bonds is 2. The number of hydrogen-bond acceptors (Lipinski definition) is 3. The van der Waals surface area contributed by atoms with E-state index < -0.39 is 23.6 Å². The van der Waals surface area contributed by atoms with Gasteiger partial charge in [0.1, 0.15) is 5.41 Å². The number of carbonyl (C=O) groups is 2. The van der Waals surface area contributed by atoms with Crippen LogP contribution in [0.4, 0.5) is 4.79 Å². The monoisotopic (exact) mass is 203 g/mol. The van der Waals surface area contributed by atoms with E-state index in [1.54, 1.807) is 6.92 Å². The minimum atomic E-state index is -1.33. The topological polar surface area (TPSA) is 98.1 Å². The van der Waals surface area contributed by atoms with Crippen molar-refractivity contribution in [1.82, 2.24) is 4.90 Å². The van der Waals surface area contributed by atoms with Gasteiger partial charge in [0.05, 0.1) is 12.6 Å². The Balaban J connectivity index is 2.90. The molecule has 0 saturated carbocycles. The van der Waals surface area contributed by atoms with Crippen molar-refractivity contribution in [2.24, 2.45) is 5.41 Å². The average molecular weight is 203 g/mol. The summed E-state index contributed by atoms with van der Waals surface area (Å²) >= 11 is 0.